The van der Waals surface area contributed by atoms with Gasteiger partial charge in [-0.25, -0.2) is 9.78 Å². The summed E-state index contributed by atoms with van der Waals surface area (Å²) in [6.07, 6.45) is 2.05. The zero-order valence-electron chi connectivity index (χ0n) is 11.2. The van der Waals surface area contributed by atoms with Gasteiger partial charge in [0.05, 0.1) is 6.04 Å². The largest absolute Gasteiger partial charge is 0.243 e. The van der Waals surface area contributed by atoms with Crippen LogP contribution in [0.5, 0.6) is 0 Å². The average Bonchev–Trinajstić information content (AvgIpc) is 2.96. The number of nitrogens with one attached hydrogen (secondary N) is 1. The van der Waals surface area contributed by atoms with Gasteiger partial charge in [0.15, 0.2) is 5.82 Å². The molecule has 0 amide bonds. The van der Waals surface area contributed by atoms with Crippen molar-refractivity contribution >= 4 is 14.2 Å². The molecule has 19 heavy (non-hydrogen) atoms. The Balaban J connectivity index is 1.58. The van der Waals surface area contributed by atoms with Crippen molar-refractivity contribution in [3.05, 3.63) is 5.82 Å². The first-order valence-electron chi connectivity index (χ1n) is 6.77. The summed E-state index contributed by atoms with van der Waals surface area (Å²) in [5.41, 5.74) is 1.18. The summed E-state index contributed by atoms with van der Waals surface area (Å²) >= 11 is 0. The first kappa shape index (κ1) is 12.4. The molecular weight excluding hydrogens is 260 g/mol. The van der Waals surface area contributed by atoms with Crippen molar-refractivity contribution in [2.45, 2.75) is 50.7 Å². The van der Waals surface area contributed by atoms with Gasteiger partial charge < -0.3 is 0 Å². The lowest BCUT2D eigenvalue weighted by Gasteiger charge is -2.15. The van der Waals surface area contributed by atoms with E-state index in [0.717, 1.165) is 18.7 Å². The minimum atomic E-state index is -0.736. The molecule has 0 radical (unpaired) electrons. The number of tetrazole rings is 2. The fraction of sp³-hybridized carbons (Fsp3) is 0.800. The van der Waals surface area contributed by atoms with Crippen molar-refractivity contribution in [2.24, 2.45) is 0 Å². The van der Waals surface area contributed by atoms with E-state index in [4.69, 9.17) is 0 Å². The Labute approximate surface area is 112 Å². The monoisotopic (exact) mass is 278 g/mol. The zero-order valence-corrected chi connectivity index (χ0v) is 12.3. The van der Waals surface area contributed by atoms with Crippen LogP contribution in [0, 0.1) is 0 Å². The summed E-state index contributed by atoms with van der Waals surface area (Å²) in [7, 11) is -0.736. The van der Waals surface area contributed by atoms with Crippen LogP contribution >= 0.6 is 0 Å². The van der Waals surface area contributed by atoms with Gasteiger partial charge in [0.1, 0.15) is 14.2 Å². The third-order valence-electron chi connectivity index (χ3n) is 3.72. The maximum Gasteiger partial charge on any atom is 0.151 e. The highest BCUT2D eigenvalue weighted by atomic mass is 28.3. The smallest absolute Gasteiger partial charge is 0.151 e. The number of nitrogens with zero attached hydrogens (tertiary/aromatic N) is 7. The van der Waals surface area contributed by atoms with Crippen molar-refractivity contribution in [1.82, 2.24) is 40.8 Å². The lowest BCUT2D eigenvalue weighted by atomic mass is 10.0. The molecular formula is C10H18N8Si. The molecule has 0 bridgehead atoms. The van der Waals surface area contributed by atoms with Crippen LogP contribution in [-0.2, 0) is 0 Å². The highest BCUT2D eigenvalue weighted by Gasteiger charge is 2.32. The number of aromatic nitrogens is 8. The molecule has 2 unspecified atom stereocenters. The topological polar surface area (TPSA) is 98.1 Å². The van der Waals surface area contributed by atoms with Gasteiger partial charge in [0.2, 0.25) is 0 Å². The second-order valence-electron chi connectivity index (χ2n) is 5.37. The van der Waals surface area contributed by atoms with Crippen LogP contribution in [0.1, 0.15) is 44.5 Å². The van der Waals surface area contributed by atoms with Gasteiger partial charge in [0, 0.05) is 5.92 Å². The molecule has 0 saturated carbocycles. The number of H-pyrrole nitrogens is 1. The highest BCUT2D eigenvalue weighted by Crippen LogP contribution is 2.23. The molecule has 0 aromatic carbocycles. The van der Waals surface area contributed by atoms with Crippen LogP contribution in [0.3, 0.4) is 0 Å². The molecule has 1 saturated heterocycles. The summed E-state index contributed by atoms with van der Waals surface area (Å²) in [6, 6.07) is 3.05. The molecule has 1 aliphatic rings. The predicted octanol–water partition coefficient (Wildman–Crippen LogP) is -0.221. The van der Waals surface area contributed by atoms with Crippen LogP contribution in [0.25, 0.3) is 0 Å². The van der Waals surface area contributed by atoms with Crippen LogP contribution in [0.2, 0.25) is 12.1 Å². The van der Waals surface area contributed by atoms with Gasteiger partial charge in [0.25, 0.3) is 0 Å². The molecule has 9 heteroatoms. The van der Waals surface area contributed by atoms with E-state index in [1.807, 2.05) is 4.68 Å². The first-order chi connectivity index (χ1) is 9.25. The Bertz CT molecular complexity index is 519. The predicted molar refractivity (Wildman–Crippen MR) is 70.8 cm³/mol. The fourth-order valence-corrected chi connectivity index (χ4v) is 4.33. The minimum Gasteiger partial charge on any atom is -0.243 e. The lowest BCUT2D eigenvalue weighted by molar-refractivity contribution is 0.424. The Morgan fingerprint density at radius 3 is 2.74 bits per heavy atom. The number of aromatic amines is 1. The maximum absolute atomic E-state index is 4.20. The molecule has 1 N–H and O–H groups in total. The molecule has 1 aliphatic heterocycles. The number of rotatable bonds is 6. The molecule has 3 heterocycles. The van der Waals surface area contributed by atoms with Gasteiger partial charge >= 0.3 is 0 Å². The summed E-state index contributed by atoms with van der Waals surface area (Å²) in [6.45, 7) is 4.31. The molecule has 1 fully saturated rings. The fourth-order valence-electron chi connectivity index (χ4n) is 2.25. The highest BCUT2D eigenvalue weighted by molar-refractivity contribution is 6.81. The number of hydrogen-bond acceptors (Lipinski definition) is 6. The molecule has 3 rings (SSSR count). The van der Waals surface area contributed by atoms with Crippen LogP contribution in [0.4, 0.5) is 0 Å². The van der Waals surface area contributed by atoms with Gasteiger partial charge in [-0.15, -0.1) is 10.2 Å². The Morgan fingerprint density at radius 2 is 2.05 bits per heavy atom. The standard InChI is InChI=1S/C10H18N8Si/c1-7(9-11-14-15-12-9)3-4-8(2)18-10(13-16-17-18)19-5-6-19/h7-8,19H,3-6H2,1-2H3,(H,11,12,14,15). The van der Waals surface area contributed by atoms with Crippen LogP contribution in [0.15, 0.2) is 0 Å². The summed E-state index contributed by atoms with van der Waals surface area (Å²) in [5, 5.41) is 26.2. The molecule has 102 valence electrons. The van der Waals surface area contributed by atoms with E-state index in [-0.39, 0.29) is 0 Å². The summed E-state index contributed by atoms with van der Waals surface area (Å²) < 4.78 is 2.04. The molecule has 0 aliphatic carbocycles. The second-order valence-corrected chi connectivity index (χ2v) is 8.43. The van der Waals surface area contributed by atoms with Crippen LogP contribution in [-0.4, -0.2) is 49.6 Å². The molecule has 0 spiro atoms. The second kappa shape index (κ2) is 5.15. The first-order valence-corrected chi connectivity index (χ1v) is 8.98. The maximum atomic E-state index is 4.20. The Morgan fingerprint density at radius 1 is 1.21 bits per heavy atom. The third kappa shape index (κ3) is 2.70. The van der Waals surface area contributed by atoms with Gasteiger partial charge in [-0.1, -0.05) is 19.0 Å². The van der Waals surface area contributed by atoms with Crippen molar-refractivity contribution in [2.75, 3.05) is 0 Å². The van der Waals surface area contributed by atoms with Gasteiger partial charge in [-0.05, 0) is 40.6 Å². The molecule has 8 nitrogen and oxygen atoms in total. The van der Waals surface area contributed by atoms with Crippen LogP contribution < -0.4 is 5.45 Å². The lowest BCUT2D eigenvalue weighted by Crippen LogP contribution is -2.30. The van der Waals surface area contributed by atoms with E-state index in [1.165, 1.54) is 17.5 Å². The van der Waals surface area contributed by atoms with Crippen molar-refractivity contribution < 1.29 is 0 Å². The van der Waals surface area contributed by atoms with E-state index >= 15 is 0 Å². The molecule has 2 atom stereocenters. The van der Waals surface area contributed by atoms with Gasteiger partial charge in [-0.2, -0.15) is 0 Å². The van der Waals surface area contributed by atoms with E-state index in [0.29, 0.717) is 12.0 Å². The Hall–Kier alpha value is -1.64. The Kier molecular flexibility index (Phi) is 3.36. The third-order valence-corrected chi connectivity index (χ3v) is 5.99. The van der Waals surface area contributed by atoms with Crippen molar-refractivity contribution in [3.8, 4) is 0 Å². The summed E-state index contributed by atoms with van der Waals surface area (Å²) in [4.78, 5) is 0. The average molecular weight is 278 g/mol. The zero-order chi connectivity index (χ0) is 13.2. The quantitative estimate of drug-likeness (QED) is 0.733. The van der Waals surface area contributed by atoms with Gasteiger partial charge in [-0.3, -0.25) is 0 Å². The summed E-state index contributed by atoms with van der Waals surface area (Å²) in [5.74, 6) is 1.18. The van der Waals surface area contributed by atoms with E-state index < -0.39 is 8.80 Å². The van der Waals surface area contributed by atoms with Crippen molar-refractivity contribution in [1.29, 1.82) is 0 Å². The van der Waals surface area contributed by atoms with E-state index in [9.17, 15) is 0 Å². The van der Waals surface area contributed by atoms with Crippen molar-refractivity contribution in [3.63, 3.8) is 0 Å². The minimum absolute atomic E-state index is 0.329. The molecule has 2 aromatic heterocycles. The number of hydrogen-bond donors (Lipinski definition) is 1. The van der Waals surface area contributed by atoms with E-state index in [1.54, 1.807) is 0 Å². The SMILES string of the molecule is CC(CCC(C)n1nnnc1[SiH]1CC1)c1nnn[nH]1. The normalized spacial score (nSPS) is 18.4. The molecule has 2 aromatic rings. The van der Waals surface area contributed by atoms with E-state index in [2.05, 4.69) is 50.0 Å².